The minimum absolute atomic E-state index is 0.0153. The topological polar surface area (TPSA) is 56.1 Å². The molecule has 0 radical (unpaired) electrons. The Kier molecular flexibility index (Phi) is 4.32. The molecule has 0 aliphatic carbocycles. The molecule has 1 amide bonds. The molecule has 16 heavy (non-hydrogen) atoms. The maximum absolute atomic E-state index is 11.3. The van der Waals surface area contributed by atoms with Gasteiger partial charge in [-0.05, 0) is 18.2 Å². The third kappa shape index (κ3) is 3.55. The van der Waals surface area contributed by atoms with Gasteiger partial charge in [0.25, 0.3) is 0 Å². The number of amides is 1. The van der Waals surface area contributed by atoms with E-state index >= 15 is 0 Å². The van der Waals surface area contributed by atoms with Gasteiger partial charge >= 0.3 is 0 Å². The number of rotatable bonds is 3. The lowest BCUT2D eigenvalue weighted by Gasteiger charge is -2.12. The smallest absolute Gasteiger partial charge is 0.241 e. The van der Waals surface area contributed by atoms with Crippen LogP contribution in [0.3, 0.4) is 0 Å². The monoisotopic (exact) mass is 281 g/mol. The van der Waals surface area contributed by atoms with Crippen molar-refractivity contribution in [2.24, 2.45) is 0 Å². The maximum Gasteiger partial charge on any atom is 0.241 e. The molecule has 0 fully saturated rings. The summed E-state index contributed by atoms with van der Waals surface area (Å²) in [5.41, 5.74) is 1.30. The fourth-order valence-electron chi connectivity index (χ4n) is 1.09. The molecule has 1 aromatic rings. The van der Waals surface area contributed by atoms with Crippen molar-refractivity contribution >= 4 is 27.5 Å². The summed E-state index contributed by atoms with van der Waals surface area (Å²) < 4.78 is 0.811. The Hall–Kier alpha value is -1.54. The molecule has 1 N–H and O–H groups in total. The second-order valence-corrected chi connectivity index (χ2v) is 4.40. The van der Waals surface area contributed by atoms with Crippen LogP contribution in [0.4, 0.5) is 5.69 Å². The molecule has 0 spiro atoms. The van der Waals surface area contributed by atoms with Gasteiger partial charge in [0.05, 0.1) is 18.2 Å². The van der Waals surface area contributed by atoms with E-state index in [4.69, 9.17) is 5.26 Å². The van der Waals surface area contributed by atoms with Gasteiger partial charge in [-0.3, -0.25) is 4.79 Å². The van der Waals surface area contributed by atoms with Gasteiger partial charge < -0.3 is 10.2 Å². The molecule has 0 heterocycles. The zero-order chi connectivity index (χ0) is 12.1. The van der Waals surface area contributed by atoms with E-state index < -0.39 is 0 Å². The Morgan fingerprint density at radius 1 is 1.50 bits per heavy atom. The van der Waals surface area contributed by atoms with Crippen LogP contribution in [-0.4, -0.2) is 31.4 Å². The Labute approximate surface area is 103 Å². The van der Waals surface area contributed by atoms with Crippen molar-refractivity contribution in [2.75, 3.05) is 26.0 Å². The number of hydrogen-bond acceptors (Lipinski definition) is 3. The van der Waals surface area contributed by atoms with Crippen LogP contribution in [0.15, 0.2) is 22.7 Å². The molecule has 4 nitrogen and oxygen atoms in total. The molecule has 0 aliphatic rings. The zero-order valence-electron chi connectivity index (χ0n) is 9.12. The van der Waals surface area contributed by atoms with Crippen LogP contribution in [0.1, 0.15) is 5.56 Å². The van der Waals surface area contributed by atoms with Crippen molar-refractivity contribution in [3.8, 4) is 6.07 Å². The first kappa shape index (κ1) is 12.5. The fraction of sp³-hybridized carbons (Fsp3) is 0.273. The van der Waals surface area contributed by atoms with E-state index in [-0.39, 0.29) is 12.5 Å². The summed E-state index contributed by atoms with van der Waals surface area (Å²) in [4.78, 5) is 12.9. The number of carbonyl (C=O) groups excluding carboxylic acids is 1. The lowest BCUT2D eigenvalue weighted by Crippen LogP contribution is -2.28. The fourth-order valence-corrected chi connectivity index (χ4v) is 1.59. The van der Waals surface area contributed by atoms with Gasteiger partial charge in [-0.25, -0.2) is 0 Å². The molecule has 0 saturated carbocycles. The average molecular weight is 282 g/mol. The first-order chi connectivity index (χ1) is 7.52. The minimum Gasteiger partial charge on any atom is -0.376 e. The van der Waals surface area contributed by atoms with E-state index in [1.807, 2.05) is 6.07 Å². The van der Waals surface area contributed by atoms with E-state index in [2.05, 4.69) is 27.3 Å². The second-order valence-electron chi connectivity index (χ2n) is 3.48. The van der Waals surface area contributed by atoms with Crippen molar-refractivity contribution in [2.45, 2.75) is 0 Å². The number of benzene rings is 1. The number of halogens is 1. The summed E-state index contributed by atoms with van der Waals surface area (Å²) >= 11 is 3.30. The van der Waals surface area contributed by atoms with Gasteiger partial charge in [0, 0.05) is 24.3 Å². The van der Waals surface area contributed by atoms with Crippen molar-refractivity contribution in [3.63, 3.8) is 0 Å². The second kappa shape index (κ2) is 5.52. The predicted molar refractivity (Wildman–Crippen MR) is 66.0 cm³/mol. The molecule has 84 valence electrons. The van der Waals surface area contributed by atoms with Gasteiger partial charge in [-0.2, -0.15) is 5.26 Å². The van der Waals surface area contributed by atoms with Crippen LogP contribution in [0.2, 0.25) is 0 Å². The molecule has 1 rings (SSSR count). The Morgan fingerprint density at radius 3 is 2.75 bits per heavy atom. The van der Waals surface area contributed by atoms with E-state index in [9.17, 15) is 4.79 Å². The number of likely N-dealkylation sites (N-methyl/N-ethyl adjacent to an activating group) is 1. The van der Waals surface area contributed by atoms with Crippen LogP contribution in [0.5, 0.6) is 0 Å². The van der Waals surface area contributed by atoms with Crippen LogP contribution in [-0.2, 0) is 4.79 Å². The molecule has 0 aliphatic heterocycles. The summed E-state index contributed by atoms with van der Waals surface area (Å²) in [7, 11) is 3.40. The van der Waals surface area contributed by atoms with Crippen molar-refractivity contribution in [1.29, 1.82) is 5.26 Å². The zero-order valence-corrected chi connectivity index (χ0v) is 10.7. The quantitative estimate of drug-likeness (QED) is 0.920. The van der Waals surface area contributed by atoms with Gasteiger partial charge in [0.2, 0.25) is 5.91 Å². The van der Waals surface area contributed by atoms with Crippen molar-refractivity contribution in [1.82, 2.24) is 4.90 Å². The number of nitrogens with one attached hydrogen (secondary N) is 1. The van der Waals surface area contributed by atoms with Crippen LogP contribution >= 0.6 is 15.9 Å². The highest BCUT2D eigenvalue weighted by molar-refractivity contribution is 9.10. The first-order valence-electron chi connectivity index (χ1n) is 4.67. The minimum atomic E-state index is -0.0153. The van der Waals surface area contributed by atoms with Crippen LogP contribution in [0.25, 0.3) is 0 Å². The molecule has 1 aromatic carbocycles. The van der Waals surface area contributed by atoms with Crippen molar-refractivity contribution in [3.05, 3.63) is 28.2 Å². The number of carbonyl (C=O) groups is 1. The highest BCUT2D eigenvalue weighted by atomic mass is 79.9. The van der Waals surface area contributed by atoms with E-state index in [0.29, 0.717) is 5.56 Å². The maximum atomic E-state index is 11.3. The predicted octanol–water partition coefficient (Wildman–Crippen LogP) is 1.82. The molecular formula is C11H12BrN3O. The molecule has 0 atom stereocenters. The summed E-state index contributed by atoms with van der Waals surface area (Å²) in [5, 5.41) is 11.7. The highest BCUT2D eigenvalue weighted by Gasteiger charge is 2.04. The van der Waals surface area contributed by atoms with E-state index in [1.165, 1.54) is 4.90 Å². The summed E-state index contributed by atoms with van der Waals surface area (Å²) in [6.07, 6.45) is 0. The summed E-state index contributed by atoms with van der Waals surface area (Å²) in [6, 6.07) is 7.30. The van der Waals surface area contributed by atoms with Gasteiger partial charge in [-0.15, -0.1) is 0 Å². The van der Waals surface area contributed by atoms with E-state index in [0.717, 1.165) is 10.2 Å². The molecule has 0 unspecified atom stereocenters. The number of nitriles is 1. The third-order valence-electron chi connectivity index (χ3n) is 1.97. The lowest BCUT2D eigenvalue weighted by atomic mass is 10.2. The van der Waals surface area contributed by atoms with Crippen LogP contribution in [0, 0.1) is 11.3 Å². The molecular weight excluding hydrogens is 270 g/mol. The van der Waals surface area contributed by atoms with Gasteiger partial charge in [0.1, 0.15) is 0 Å². The first-order valence-corrected chi connectivity index (χ1v) is 5.47. The number of hydrogen-bond donors (Lipinski definition) is 1. The Balaban J connectivity index is 2.71. The summed E-state index contributed by atoms with van der Waals surface area (Å²) in [5.74, 6) is -0.0153. The summed E-state index contributed by atoms with van der Waals surface area (Å²) in [6.45, 7) is 0.217. The standard InChI is InChI=1S/C11H12BrN3O/c1-15(2)11(16)7-14-10-4-8(6-13)3-9(12)5-10/h3-5,14H,7H2,1-2H3. The lowest BCUT2D eigenvalue weighted by molar-refractivity contribution is -0.126. The number of nitrogens with zero attached hydrogens (tertiary/aromatic N) is 2. The Morgan fingerprint density at radius 2 is 2.19 bits per heavy atom. The Bertz CT molecular complexity index is 437. The van der Waals surface area contributed by atoms with E-state index in [1.54, 1.807) is 26.2 Å². The van der Waals surface area contributed by atoms with Gasteiger partial charge in [-0.1, -0.05) is 15.9 Å². The highest BCUT2D eigenvalue weighted by Crippen LogP contribution is 2.18. The average Bonchev–Trinajstić information content (AvgIpc) is 2.24. The number of anilines is 1. The van der Waals surface area contributed by atoms with Crippen LogP contribution < -0.4 is 5.32 Å². The normalized spacial score (nSPS) is 9.38. The van der Waals surface area contributed by atoms with Crippen molar-refractivity contribution < 1.29 is 4.79 Å². The largest absolute Gasteiger partial charge is 0.376 e. The SMILES string of the molecule is CN(C)C(=O)CNc1cc(Br)cc(C#N)c1. The molecule has 0 bridgehead atoms. The third-order valence-corrected chi connectivity index (χ3v) is 2.43. The van der Waals surface area contributed by atoms with Gasteiger partial charge in [0.15, 0.2) is 0 Å². The molecule has 0 saturated heterocycles. The molecule has 0 aromatic heterocycles. The molecule has 5 heteroatoms.